The topological polar surface area (TPSA) is 39.8 Å². The normalized spacial score (nSPS) is 11.8. The summed E-state index contributed by atoms with van der Waals surface area (Å²) in [7, 11) is 0. The molecule has 0 saturated heterocycles. The minimum atomic E-state index is -1.66. The van der Waals surface area contributed by atoms with Crippen molar-refractivity contribution in [3.8, 4) is 5.69 Å². The standard InChI is InChI=1S/C9H5Cl4N3OS/c10-6-3-1-2-4-7(6)15-5-14-16(8(15)17)18-9(11,12)13/h1-5H. The fourth-order valence-corrected chi connectivity index (χ4v) is 2.53. The second-order valence-electron chi connectivity index (χ2n) is 3.14. The Kier molecular flexibility index (Phi) is 4.18. The van der Waals surface area contributed by atoms with E-state index in [1.54, 1.807) is 24.3 Å². The lowest BCUT2D eigenvalue weighted by molar-refractivity contribution is 0.936. The van der Waals surface area contributed by atoms with Crippen molar-refractivity contribution < 1.29 is 0 Å². The summed E-state index contributed by atoms with van der Waals surface area (Å²) in [5, 5.41) is 4.27. The van der Waals surface area contributed by atoms with Gasteiger partial charge in [0.25, 0.3) is 3.12 Å². The van der Waals surface area contributed by atoms with Crippen LogP contribution in [-0.4, -0.2) is 16.9 Å². The lowest BCUT2D eigenvalue weighted by Gasteiger charge is -2.07. The van der Waals surface area contributed by atoms with E-state index in [2.05, 4.69) is 5.10 Å². The number of aromatic nitrogens is 3. The lowest BCUT2D eigenvalue weighted by atomic mass is 10.3. The van der Waals surface area contributed by atoms with Gasteiger partial charge in [0.1, 0.15) is 6.33 Å². The van der Waals surface area contributed by atoms with Crippen molar-refractivity contribution >= 4 is 58.4 Å². The Morgan fingerprint density at radius 1 is 1.22 bits per heavy atom. The molecule has 1 aromatic heterocycles. The zero-order valence-electron chi connectivity index (χ0n) is 8.56. The second-order valence-corrected chi connectivity index (χ2v) is 7.65. The van der Waals surface area contributed by atoms with Gasteiger partial charge < -0.3 is 0 Å². The van der Waals surface area contributed by atoms with Gasteiger partial charge in [-0.15, -0.1) is 9.19 Å². The van der Waals surface area contributed by atoms with E-state index in [0.717, 1.165) is 4.09 Å². The molecule has 0 spiro atoms. The van der Waals surface area contributed by atoms with E-state index in [9.17, 15) is 4.79 Å². The van der Waals surface area contributed by atoms with Crippen LogP contribution in [0.2, 0.25) is 5.02 Å². The third-order valence-electron chi connectivity index (χ3n) is 1.94. The van der Waals surface area contributed by atoms with Gasteiger partial charge in [-0.1, -0.05) is 58.5 Å². The molecule has 0 N–H and O–H groups in total. The maximum Gasteiger partial charge on any atom is 0.361 e. The highest BCUT2D eigenvalue weighted by Gasteiger charge is 2.24. The lowest BCUT2D eigenvalue weighted by Crippen LogP contribution is -2.22. The van der Waals surface area contributed by atoms with Crippen LogP contribution in [0.25, 0.3) is 5.69 Å². The highest BCUT2D eigenvalue weighted by molar-refractivity contribution is 8.03. The molecule has 2 rings (SSSR count). The van der Waals surface area contributed by atoms with Crippen LogP contribution in [0.5, 0.6) is 0 Å². The summed E-state index contributed by atoms with van der Waals surface area (Å²) in [6, 6.07) is 6.88. The molecule has 0 atom stereocenters. The van der Waals surface area contributed by atoms with E-state index in [1.165, 1.54) is 10.9 Å². The Morgan fingerprint density at radius 3 is 2.50 bits per heavy atom. The van der Waals surface area contributed by atoms with Crippen LogP contribution in [-0.2, 0) is 0 Å². The van der Waals surface area contributed by atoms with E-state index in [4.69, 9.17) is 46.4 Å². The van der Waals surface area contributed by atoms with Crippen molar-refractivity contribution in [3.05, 3.63) is 46.1 Å². The molecule has 0 aliphatic heterocycles. The van der Waals surface area contributed by atoms with E-state index in [-0.39, 0.29) is 0 Å². The zero-order chi connectivity index (χ0) is 13.3. The number of hydrogen-bond acceptors (Lipinski definition) is 3. The zero-order valence-corrected chi connectivity index (χ0v) is 12.4. The first-order valence-corrected chi connectivity index (χ1v) is 6.85. The molecule has 0 unspecified atom stereocenters. The molecule has 0 amide bonds. The molecule has 1 heterocycles. The number of benzene rings is 1. The van der Waals surface area contributed by atoms with Crippen LogP contribution in [0.4, 0.5) is 0 Å². The number of halogens is 4. The largest absolute Gasteiger partial charge is 0.361 e. The van der Waals surface area contributed by atoms with Gasteiger partial charge in [0.2, 0.25) is 0 Å². The van der Waals surface area contributed by atoms with Gasteiger partial charge in [-0.2, -0.15) is 0 Å². The average molecular weight is 345 g/mol. The van der Waals surface area contributed by atoms with Gasteiger partial charge >= 0.3 is 5.69 Å². The van der Waals surface area contributed by atoms with Crippen molar-refractivity contribution in [1.82, 2.24) is 13.8 Å². The molecule has 0 bridgehead atoms. The predicted molar refractivity (Wildman–Crippen MR) is 76.1 cm³/mol. The quantitative estimate of drug-likeness (QED) is 0.782. The fourth-order valence-electron chi connectivity index (χ4n) is 1.26. The molecule has 0 aliphatic carbocycles. The first kappa shape index (κ1) is 14.1. The summed E-state index contributed by atoms with van der Waals surface area (Å²) in [5.41, 5.74) is 0.0553. The smallest absolute Gasteiger partial charge is 0.247 e. The van der Waals surface area contributed by atoms with Crippen molar-refractivity contribution in [2.24, 2.45) is 0 Å². The molecule has 0 radical (unpaired) electrons. The molecule has 9 heteroatoms. The first-order chi connectivity index (χ1) is 8.38. The highest BCUT2D eigenvalue weighted by Crippen LogP contribution is 2.38. The van der Waals surface area contributed by atoms with Crippen molar-refractivity contribution in [3.63, 3.8) is 0 Å². The summed E-state index contributed by atoms with van der Waals surface area (Å²) in [4.78, 5) is 12.0. The SMILES string of the molecule is O=c1n(-c2ccccc2Cl)cnn1SC(Cl)(Cl)Cl. The predicted octanol–water partition coefficient (Wildman–Crippen LogP) is 3.51. The molecule has 0 saturated carbocycles. The van der Waals surface area contributed by atoms with E-state index < -0.39 is 8.81 Å². The third-order valence-corrected chi connectivity index (χ3v) is 3.51. The van der Waals surface area contributed by atoms with Crippen molar-refractivity contribution in [2.45, 2.75) is 3.12 Å². The minimum Gasteiger partial charge on any atom is -0.247 e. The molecule has 2 aromatic rings. The Morgan fingerprint density at radius 2 is 1.89 bits per heavy atom. The molecular formula is C9H5Cl4N3OS. The number of nitrogens with zero attached hydrogens (tertiary/aromatic N) is 3. The van der Waals surface area contributed by atoms with E-state index in [0.29, 0.717) is 22.7 Å². The van der Waals surface area contributed by atoms with Gasteiger partial charge in [-0.25, -0.2) is 9.36 Å². The Balaban J connectivity index is 2.44. The molecule has 18 heavy (non-hydrogen) atoms. The maximum absolute atomic E-state index is 12.0. The number of para-hydroxylation sites is 1. The molecule has 4 nitrogen and oxygen atoms in total. The van der Waals surface area contributed by atoms with Gasteiger partial charge in [-0.05, 0) is 12.1 Å². The monoisotopic (exact) mass is 343 g/mol. The summed E-state index contributed by atoms with van der Waals surface area (Å²) in [5.74, 6) is 0. The summed E-state index contributed by atoms with van der Waals surface area (Å²) >= 11 is 23.4. The molecular weight excluding hydrogens is 340 g/mol. The van der Waals surface area contributed by atoms with Crippen molar-refractivity contribution in [1.29, 1.82) is 0 Å². The minimum absolute atomic E-state index is 0.429. The Hall–Kier alpha value is -0.330. The van der Waals surface area contributed by atoms with Gasteiger partial charge in [-0.3, -0.25) is 0 Å². The molecule has 1 aromatic carbocycles. The van der Waals surface area contributed by atoms with Gasteiger partial charge in [0.05, 0.1) is 10.7 Å². The number of hydrogen-bond donors (Lipinski definition) is 0. The van der Waals surface area contributed by atoms with E-state index in [1.807, 2.05) is 0 Å². The van der Waals surface area contributed by atoms with Crippen molar-refractivity contribution in [2.75, 3.05) is 0 Å². The van der Waals surface area contributed by atoms with Crippen LogP contribution in [0, 0.1) is 0 Å². The first-order valence-electron chi connectivity index (χ1n) is 4.56. The molecule has 0 fully saturated rings. The average Bonchev–Trinajstić information content (AvgIpc) is 2.59. The van der Waals surface area contributed by atoms with Gasteiger partial charge in [0, 0.05) is 11.9 Å². The highest BCUT2D eigenvalue weighted by atomic mass is 35.6. The van der Waals surface area contributed by atoms with Crippen LogP contribution in [0.1, 0.15) is 0 Å². The Bertz CT molecular complexity index is 619. The summed E-state index contributed by atoms with van der Waals surface area (Å²) < 4.78 is 0.589. The van der Waals surface area contributed by atoms with Crippen LogP contribution >= 0.6 is 58.4 Å². The van der Waals surface area contributed by atoms with Crippen LogP contribution in [0.15, 0.2) is 35.4 Å². The Labute approximate surface area is 127 Å². The maximum atomic E-state index is 12.0. The van der Waals surface area contributed by atoms with Gasteiger partial charge in [0.15, 0.2) is 0 Å². The number of alkyl halides is 3. The number of rotatable bonds is 2. The van der Waals surface area contributed by atoms with Crippen LogP contribution < -0.4 is 5.69 Å². The summed E-state index contributed by atoms with van der Waals surface area (Å²) in [6.45, 7) is 0. The van der Waals surface area contributed by atoms with E-state index >= 15 is 0 Å². The van der Waals surface area contributed by atoms with Crippen LogP contribution in [0.3, 0.4) is 0 Å². The second kappa shape index (κ2) is 5.35. The summed E-state index contributed by atoms with van der Waals surface area (Å²) in [6.07, 6.45) is 1.31. The molecule has 0 aliphatic rings. The molecule has 96 valence electrons. The third kappa shape index (κ3) is 3.16. The fraction of sp³-hybridized carbons (Fsp3) is 0.111.